The van der Waals surface area contributed by atoms with Crippen molar-refractivity contribution in [2.45, 2.75) is 6.42 Å². The lowest BCUT2D eigenvalue weighted by Crippen LogP contribution is -2.75. The minimum absolute atomic E-state index is 0.0478. The molecule has 6 aliphatic heterocycles. The predicted octanol–water partition coefficient (Wildman–Crippen LogP) is 4.53. The third kappa shape index (κ3) is 3.81. The molecule has 0 saturated heterocycles. The molecule has 0 unspecified atom stereocenters. The van der Waals surface area contributed by atoms with Gasteiger partial charge in [-0.25, -0.2) is 0 Å². The summed E-state index contributed by atoms with van der Waals surface area (Å²) in [4.78, 5) is 0. The lowest BCUT2D eigenvalue weighted by Gasteiger charge is -2.41. The molecule has 0 amide bonds. The minimum atomic E-state index is -3.22. The fourth-order valence-corrected chi connectivity index (χ4v) is 15.7. The molecule has 6 aliphatic rings. The Kier molecular flexibility index (Phi) is 5.69. The first-order chi connectivity index (χ1) is 28.2. The van der Waals surface area contributed by atoms with Crippen LogP contribution in [0.25, 0.3) is 0 Å². The van der Waals surface area contributed by atoms with Crippen LogP contribution in [0.5, 0.6) is 57.5 Å². The molecule has 264 valence electrons. The zero-order valence-corrected chi connectivity index (χ0v) is 31.4. The van der Waals surface area contributed by atoms with Gasteiger partial charge in [-0.1, -0.05) is 97.1 Å². The Bertz CT molecular complexity index is 2750. The van der Waals surface area contributed by atoms with E-state index in [-0.39, 0.29) is 13.4 Å². The summed E-state index contributed by atoms with van der Waals surface area (Å²) in [6, 6.07) is 56.4. The molecule has 0 atom stereocenters. The van der Waals surface area contributed by atoms with E-state index in [9.17, 15) is 0 Å². The van der Waals surface area contributed by atoms with Gasteiger partial charge < -0.3 is 23.7 Å². The molecule has 0 saturated carbocycles. The van der Waals surface area contributed by atoms with E-state index in [2.05, 4.69) is 133 Å². The highest BCUT2D eigenvalue weighted by atomic mass is 28.3. The molecule has 0 aromatic heterocycles. The summed E-state index contributed by atoms with van der Waals surface area (Å²) in [5.74, 6) is 8.43. The fraction of sp³-hybridized carbons (Fsp3) is 0.0204. The third-order valence-corrected chi connectivity index (χ3v) is 17.8. The van der Waals surface area contributed by atoms with Crippen LogP contribution in [0.15, 0.2) is 158 Å². The molecule has 8 aromatic rings. The van der Waals surface area contributed by atoms with E-state index < -0.39 is 8.07 Å². The largest absolute Gasteiger partial charge is 0.458 e. The van der Waals surface area contributed by atoms with Gasteiger partial charge in [0.05, 0.1) is 0 Å². The number of hydrogen-bond donors (Lipinski definition) is 0. The average Bonchev–Trinajstić information content (AvgIpc) is 3.25. The van der Waals surface area contributed by atoms with Crippen molar-refractivity contribution < 1.29 is 23.7 Å². The zero-order chi connectivity index (χ0) is 37.0. The van der Waals surface area contributed by atoms with E-state index >= 15 is 0 Å². The number of benzene rings is 8. The van der Waals surface area contributed by atoms with Crippen molar-refractivity contribution in [3.8, 4) is 57.5 Å². The maximum atomic E-state index is 7.03. The molecule has 0 bridgehead atoms. The predicted molar refractivity (Wildman–Crippen MR) is 228 cm³/mol. The van der Waals surface area contributed by atoms with E-state index in [1.54, 1.807) is 0 Å². The van der Waals surface area contributed by atoms with E-state index in [1.807, 2.05) is 24.3 Å². The summed E-state index contributed by atoms with van der Waals surface area (Å²) in [6.45, 7) is -0.0192. The topological polar surface area (TPSA) is 46.2 Å². The highest BCUT2D eigenvalue weighted by molar-refractivity contribution is 7.20. The molecule has 6 heterocycles. The average molecular weight is 746 g/mol. The molecular weight excluding hydrogens is 718 g/mol. The van der Waals surface area contributed by atoms with Crippen LogP contribution in [-0.4, -0.2) is 21.5 Å². The van der Waals surface area contributed by atoms with Gasteiger partial charge in [-0.2, -0.15) is 0 Å². The summed E-state index contributed by atoms with van der Waals surface area (Å²) < 4.78 is 34.4. The maximum absolute atomic E-state index is 7.03. The Labute approximate surface area is 330 Å². The molecule has 8 aromatic carbocycles. The van der Waals surface area contributed by atoms with Gasteiger partial charge in [0.2, 0.25) is 0 Å². The summed E-state index contributed by atoms with van der Waals surface area (Å²) >= 11 is 0. The van der Waals surface area contributed by atoms with Crippen LogP contribution in [0.2, 0.25) is 0 Å². The van der Waals surface area contributed by atoms with Crippen molar-refractivity contribution in [2.75, 3.05) is 0 Å². The Morgan fingerprint density at radius 1 is 0.298 bits per heavy atom. The monoisotopic (exact) mass is 746 g/mol. The Morgan fingerprint density at radius 2 is 0.614 bits per heavy atom. The number of hydrogen-bond acceptors (Lipinski definition) is 5. The molecule has 0 spiro atoms. The van der Waals surface area contributed by atoms with Crippen molar-refractivity contribution >= 4 is 75.0 Å². The van der Waals surface area contributed by atoms with Gasteiger partial charge >= 0.3 is 0 Å². The van der Waals surface area contributed by atoms with Crippen molar-refractivity contribution in [3.63, 3.8) is 0 Å². The first-order valence-corrected chi connectivity index (χ1v) is 21.6. The van der Waals surface area contributed by atoms with Crippen molar-refractivity contribution in [3.05, 3.63) is 169 Å². The molecular formula is C49H28B2O5Si. The molecule has 0 aliphatic carbocycles. The van der Waals surface area contributed by atoms with E-state index in [0.717, 1.165) is 96.1 Å². The molecule has 8 heteroatoms. The van der Waals surface area contributed by atoms with Gasteiger partial charge in [-0.15, -0.1) is 0 Å². The fourth-order valence-electron chi connectivity index (χ4n) is 10.9. The van der Waals surface area contributed by atoms with Crippen LogP contribution >= 0.6 is 0 Å². The second-order valence-corrected chi connectivity index (χ2v) is 19.6. The molecule has 0 N–H and O–H groups in total. The lowest BCUT2D eigenvalue weighted by molar-refractivity contribution is 0.443. The second-order valence-electron chi connectivity index (χ2n) is 15.8. The van der Waals surface area contributed by atoms with Crippen LogP contribution in [0.1, 0.15) is 11.1 Å². The van der Waals surface area contributed by atoms with Gasteiger partial charge in [0.25, 0.3) is 13.4 Å². The number of rotatable bonds is 4. The quantitative estimate of drug-likeness (QED) is 0.196. The van der Waals surface area contributed by atoms with Crippen LogP contribution in [0, 0.1) is 0 Å². The Balaban J connectivity index is 1.07. The van der Waals surface area contributed by atoms with Gasteiger partial charge in [0, 0.05) is 21.9 Å². The summed E-state index contributed by atoms with van der Waals surface area (Å²) in [6.07, 6.45) is 0.868. The molecule has 14 rings (SSSR count). The van der Waals surface area contributed by atoms with Crippen LogP contribution in [0.3, 0.4) is 0 Å². The van der Waals surface area contributed by atoms with Gasteiger partial charge in [0.15, 0.2) is 8.07 Å². The number of ether oxygens (including phenoxy) is 5. The van der Waals surface area contributed by atoms with Crippen LogP contribution in [0.4, 0.5) is 0 Å². The van der Waals surface area contributed by atoms with Crippen molar-refractivity contribution in [1.82, 2.24) is 0 Å². The summed E-state index contributed by atoms with van der Waals surface area (Å²) in [5, 5.41) is 4.75. The Morgan fingerprint density at radius 3 is 1.02 bits per heavy atom. The molecule has 0 radical (unpaired) electrons. The van der Waals surface area contributed by atoms with Gasteiger partial charge in [0.1, 0.15) is 57.5 Å². The highest BCUT2D eigenvalue weighted by Gasteiger charge is 2.51. The lowest BCUT2D eigenvalue weighted by atomic mass is 9.32. The van der Waals surface area contributed by atoms with Crippen LogP contribution < -0.4 is 77.2 Å². The second kappa shape index (κ2) is 10.7. The standard InChI is InChI=1S/C49H28B2O5Si/c1-3-13-30(14-4-1)57(31-15-5-2-6-16-31,32-24-40-48-41(25-32)54-35-18-8-12-29-23-28-11-7-17-34(53-40)44(28)50(48)45(29)35)33-26-42-49-43(27-33)56-39-22-10-20-37-47(39)51(49)46-36(52-37)19-9-21-38(46)55-42/h1-22,24-27H,23H2. The highest BCUT2D eigenvalue weighted by Crippen LogP contribution is 2.42. The first kappa shape index (κ1) is 30.3. The third-order valence-electron chi connectivity index (χ3n) is 13.1. The minimum Gasteiger partial charge on any atom is -0.458 e. The summed E-state index contributed by atoms with van der Waals surface area (Å²) in [5.41, 5.74) is 9.40. The maximum Gasteiger partial charge on any atom is 0.270 e. The Hall–Kier alpha value is -6.89. The summed E-state index contributed by atoms with van der Waals surface area (Å²) in [7, 11) is -3.22. The molecule has 57 heavy (non-hydrogen) atoms. The van der Waals surface area contributed by atoms with Gasteiger partial charge in [-0.05, 0) is 110 Å². The SMILES string of the molecule is c1ccc([Si](c2ccccc2)(c2cc3c4c(c2)Oc2cccc5c2B4c2c(cccc2O3)C5)c2cc3c4c(c2)Oc2cccc5c2B4c2c(cccc2O3)O5)cc1. The smallest absolute Gasteiger partial charge is 0.270 e. The van der Waals surface area contributed by atoms with E-state index in [0.29, 0.717) is 0 Å². The van der Waals surface area contributed by atoms with E-state index in [1.165, 1.54) is 32.4 Å². The zero-order valence-electron chi connectivity index (χ0n) is 30.4. The first-order valence-electron chi connectivity index (χ1n) is 19.6. The van der Waals surface area contributed by atoms with Gasteiger partial charge in [-0.3, -0.25) is 0 Å². The van der Waals surface area contributed by atoms with Crippen LogP contribution in [-0.2, 0) is 6.42 Å². The van der Waals surface area contributed by atoms with Crippen molar-refractivity contribution in [2.24, 2.45) is 0 Å². The van der Waals surface area contributed by atoms with Crippen molar-refractivity contribution in [1.29, 1.82) is 0 Å². The van der Waals surface area contributed by atoms with E-state index in [4.69, 9.17) is 23.7 Å². The normalized spacial score (nSPS) is 14.5. The molecule has 0 fully saturated rings. The molecule has 5 nitrogen and oxygen atoms in total.